The van der Waals surface area contributed by atoms with Crippen LogP contribution in [0.1, 0.15) is 33.5 Å². The first kappa shape index (κ1) is 24.9. The predicted molar refractivity (Wildman–Crippen MR) is 130 cm³/mol. The molecule has 3 rings (SSSR count). The summed E-state index contributed by atoms with van der Waals surface area (Å²) in [4.78, 5) is 33.2. The summed E-state index contributed by atoms with van der Waals surface area (Å²) in [6, 6.07) is 3.47. The van der Waals surface area contributed by atoms with Gasteiger partial charge in [-0.25, -0.2) is 19.9 Å². The number of carbonyl (C=O) groups is 1. The van der Waals surface area contributed by atoms with Gasteiger partial charge in [-0.3, -0.25) is 4.79 Å². The lowest BCUT2D eigenvalue weighted by Gasteiger charge is -2.15. The van der Waals surface area contributed by atoms with Gasteiger partial charge in [0.15, 0.2) is 11.6 Å². The van der Waals surface area contributed by atoms with E-state index in [0.29, 0.717) is 35.4 Å². The zero-order valence-corrected chi connectivity index (χ0v) is 20.4. The Balaban J connectivity index is 1.92. The molecule has 5 N–H and O–H groups in total. The van der Waals surface area contributed by atoms with Crippen LogP contribution in [0, 0.1) is 0 Å². The monoisotopic (exact) mass is 468 g/mol. The molecule has 0 aliphatic heterocycles. The van der Waals surface area contributed by atoms with Crippen molar-refractivity contribution in [2.45, 2.75) is 39.2 Å². The Bertz CT molecular complexity index is 1140. The van der Waals surface area contributed by atoms with Crippen LogP contribution >= 0.6 is 0 Å². The summed E-state index contributed by atoms with van der Waals surface area (Å²) >= 11 is 0. The fourth-order valence-electron chi connectivity index (χ4n) is 3.20. The second kappa shape index (κ2) is 10.5. The number of methoxy groups -OCH3 is 2. The Hall–Kier alpha value is -3.73. The van der Waals surface area contributed by atoms with Crippen molar-refractivity contribution in [1.82, 2.24) is 30.2 Å². The number of nitrogens with two attached hydrogens (primary N) is 1. The second-order valence-corrected chi connectivity index (χ2v) is 8.92. The summed E-state index contributed by atoms with van der Waals surface area (Å²) in [7, 11) is 3.03. The van der Waals surface area contributed by atoms with Crippen molar-refractivity contribution in [3.63, 3.8) is 0 Å². The standard InChI is InChI=1S/C23H32N8O3/c1-13(28-17(32)12-33-5)10-27-22-25-8-7-15(29-22)19-18(30-21(31-19)23(2,3)4)14-9-16(34-6)20(24)26-11-14/h7-9,11,13H,10,12H2,1-6H3,(H2,24,26)(H,28,32)(H,30,31)(H,25,27,29). The quantitative estimate of drug-likeness (QED) is 0.371. The maximum absolute atomic E-state index is 11.7. The smallest absolute Gasteiger partial charge is 0.246 e. The van der Waals surface area contributed by atoms with Crippen LogP contribution in [0.5, 0.6) is 5.75 Å². The summed E-state index contributed by atoms with van der Waals surface area (Å²) < 4.78 is 10.2. The molecule has 1 unspecified atom stereocenters. The highest BCUT2D eigenvalue weighted by Crippen LogP contribution is 2.34. The third-order valence-corrected chi connectivity index (χ3v) is 4.95. The molecule has 3 aromatic rings. The molecule has 0 bridgehead atoms. The van der Waals surface area contributed by atoms with E-state index in [1.807, 2.05) is 6.92 Å². The lowest BCUT2D eigenvalue weighted by atomic mass is 9.96. The maximum atomic E-state index is 11.7. The van der Waals surface area contributed by atoms with E-state index < -0.39 is 0 Å². The number of carbonyl (C=O) groups excluding carboxylic acids is 1. The van der Waals surface area contributed by atoms with E-state index in [0.717, 1.165) is 17.1 Å². The van der Waals surface area contributed by atoms with Crippen LogP contribution < -0.4 is 21.1 Å². The van der Waals surface area contributed by atoms with Crippen LogP contribution in [0.25, 0.3) is 22.6 Å². The van der Waals surface area contributed by atoms with E-state index in [1.165, 1.54) is 7.11 Å². The van der Waals surface area contributed by atoms with E-state index in [9.17, 15) is 4.79 Å². The largest absolute Gasteiger partial charge is 0.493 e. The van der Waals surface area contributed by atoms with Crippen molar-refractivity contribution in [1.29, 1.82) is 0 Å². The van der Waals surface area contributed by atoms with Crippen LogP contribution in [0.4, 0.5) is 11.8 Å². The minimum absolute atomic E-state index is 0.0137. The molecule has 0 saturated carbocycles. The minimum atomic E-state index is -0.220. The summed E-state index contributed by atoms with van der Waals surface area (Å²) in [5, 5.41) is 6.00. The number of nitrogens with one attached hydrogen (secondary N) is 3. The molecule has 1 atom stereocenters. The summed E-state index contributed by atoms with van der Waals surface area (Å²) in [6.07, 6.45) is 3.33. The molecule has 0 aliphatic rings. The van der Waals surface area contributed by atoms with Gasteiger partial charge in [-0.15, -0.1) is 0 Å². The van der Waals surface area contributed by atoms with Crippen molar-refractivity contribution in [2.24, 2.45) is 0 Å². The molecule has 0 spiro atoms. The van der Waals surface area contributed by atoms with Crippen LogP contribution in [0.15, 0.2) is 24.5 Å². The summed E-state index contributed by atoms with van der Waals surface area (Å²) in [6.45, 7) is 8.57. The number of aromatic nitrogens is 5. The molecule has 34 heavy (non-hydrogen) atoms. The zero-order valence-electron chi connectivity index (χ0n) is 20.4. The fraction of sp³-hybridized carbons (Fsp3) is 0.435. The third-order valence-electron chi connectivity index (χ3n) is 4.95. The topological polar surface area (TPSA) is 153 Å². The Morgan fingerprint density at radius 2 is 2.00 bits per heavy atom. The number of rotatable bonds is 9. The number of nitrogens with zero attached hydrogens (tertiary/aromatic N) is 4. The Morgan fingerprint density at radius 3 is 2.68 bits per heavy atom. The Kier molecular flexibility index (Phi) is 7.67. The number of imidazole rings is 1. The molecule has 0 saturated heterocycles. The predicted octanol–water partition coefficient (Wildman–Crippen LogP) is 2.38. The van der Waals surface area contributed by atoms with Gasteiger partial charge in [-0.05, 0) is 19.1 Å². The minimum Gasteiger partial charge on any atom is -0.493 e. The van der Waals surface area contributed by atoms with Gasteiger partial charge in [0.25, 0.3) is 0 Å². The van der Waals surface area contributed by atoms with E-state index in [-0.39, 0.29) is 24.0 Å². The normalized spacial score (nSPS) is 12.3. The van der Waals surface area contributed by atoms with Crippen LogP contribution in [0.3, 0.4) is 0 Å². The number of pyridine rings is 1. The van der Waals surface area contributed by atoms with Gasteiger partial charge < -0.3 is 30.8 Å². The summed E-state index contributed by atoms with van der Waals surface area (Å²) in [5.74, 6) is 1.82. The SMILES string of the molecule is COCC(=O)NC(C)CNc1nccc(-c2[nH]c(C(C)(C)C)nc2-c2cnc(N)c(OC)c2)n1. The first-order chi connectivity index (χ1) is 16.1. The van der Waals surface area contributed by atoms with Crippen LogP contribution in [0.2, 0.25) is 0 Å². The number of ether oxygens (including phenoxy) is 2. The third kappa shape index (κ3) is 5.98. The first-order valence-corrected chi connectivity index (χ1v) is 10.9. The Morgan fingerprint density at radius 1 is 1.24 bits per heavy atom. The number of nitrogen functional groups attached to an aromatic ring is 1. The molecule has 182 valence electrons. The van der Waals surface area contributed by atoms with E-state index >= 15 is 0 Å². The van der Waals surface area contributed by atoms with Gasteiger partial charge in [0, 0.05) is 43.1 Å². The van der Waals surface area contributed by atoms with Gasteiger partial charge in [0.05, 0.1) is 24.2 Å². The molecular formula is C23H32N8O3. The molecule has 0 fully saturated rings. The van der Waals surface area contributed by atoms with E-state index in [4.69, 9.17) is 20.2 Å². The molecule has 3 heterocycles. The average molecular weight is 469 g/mol. The molecule has 0 radical (unpaired) electrons. The van der Waals surface area contributed by atoms with Gasteiger partial charge >= 0.3 is 0 Å². The lowest BCUT2D eigenvalue weighted by Crippen LogP contribution is -2.39. The molecule has 0 aromatic carbocycles. The van der Waals surface area contributed by atoms with Crippen molar-refractivity contribution in [3.05, 3.63) is 30.4 Å². The Labute approximate surface area is 198 Å². The van der Waals surface area contributed by atoms with Crippen molar-refractivity contribution >= 4 is 17.7 Å². The van der Waals surface area contributed by atoms with Gasteiger partial charge in [0.1, 0.15) is 12.4 Å². The van der Waals surface area contributed by atoms with E-state index in [2.05, 4.69) is 51.3 Å². The number of amides is 1. The van der Waals surface area contributed by atoms with Gasteiger partial charge in [-0.2, -0.15) is 0 Å². The van der Waals surface area contributed by atoms with Crippen molar-refractivity contribution in [2.75, 3.05) is 38.4 Å². The molecular weight excluding hydrogens is 436 g/mol. The van der Waals surface area contributed by atoms with Crippen molar-refractivity contribution < 1.29 is 14.3 Å². The molecule has 3 aromatic heterocycles. The number of hydrogen-bond donors (Lipinski definition) is 4. The van der Waals surface area contributed by atoms with Crippen molar-refractivity contribution in [3.8, 4) is 28.4 Å². The van der Waals surface area contributed by atoms with Gasteiger partial charge in [0.2, 0.25) is 11.9 Å². The lowest BCUT2D eigenvalue weighted by molar-refractivity contribution is -0.125. The second-order valence-electron chi connectivity index (χ2n) is 8.92. The highest BCUT2D eigenvalue weighted by molar-refractivity contribution is 5.78. The number of hydrogen-bond acceptors (Lipinski definition) is 9. The van der Waals surface area contributed by atoms with E-state index in [1.54, 1.807) is 31.6 Å². The molecule has 11 heteroatoms. The molecule has 11 nitrogen and oxygen atoms in total. The zero-order chi connectivity index (χ0) is 24.9. The average Bonchev–Trinajstić information content (AvgIpc) is 3.24. The van der Waals surface area contributed by atoms with Crippen LogP contribution in [-0.2, 0) is 14.9 Å². The highest BCUT2D eigenvalue weighted by Gasteiger charge is 2.24. The molecule has 1 amide bonds. The summed E-state index contributed by atoms with van der Waals surface area (Å²) in [5.41, 5.74) is 8.49. The molecule has 0 aliphatic carbocycles. The number of aromatic amines is 1. The maximum Gasteiger partial charge on any atom is 0.246 e. The van der Waals surface area contributed by atoms with Gasteiger partial charge in [-0.1, -0.05) is 20.8 Å². The number of anilines is 2. The first-order valence-electron chi connectivity index (χ1n) is 10.9. The highest BCUT2D eigenvalue weighted by atomic mass is 16.5. The van der Waals surface area contributed by atoms with Crippen LogP contribution in [-0.4, -0.2) is 64.2 Å². The number of H-pyrrole nitrogens is 1. The fourth-order valence-corrected chi connectivity index (χ4v) is 3.20.